The van der Waals surface area contributed by atoms with E-state index in [1.54, 1.807) is 0 Å². The number of hydrogen-bond donors (Lipinski definition) is 2. The van der Waals surface area contributed by atoms with E-state index in [9.17, 15) is 9.90 Å². The average molecular weight is 200 g/mol. The zero-order chi connectivity index (χ0) is 10.0. The molecule has 2 rings (SSSR count). The molecule has 5 heteroatoms. The Hall–Kier alpha value is -0.650. The van der Waals surface area contributed by atoms with E-state index in [0.29, 0.717) is 13.2 Å². The van der Waals surface area contributed by atoms with E-state index >= 15 is 0 Å². The highest BCUT2D eigenvalue weighted by Gasteiger charge is 2.50. The van der Waals surface area contributed by atoms with Crippen LogP contribution in [0.1, 0.15) is 6.42 Å². The first-order valence-electron chi connectivity index (χ1n) is 5.03. The van der Waals surface area contributed by atoms with Crippen LogP contribution >= 0.6 is 0 Å². The van der Waals surface area contributed by atoms with Crippen molar-refractivity contribution in [1.29, 1.82) is 0 Å². The minimum Gasteiger partial charge on any atom is -0.480 e. The van der Waals surface area contributed by atoms with Gasteiger partial charge in [-0.15, -0.1) is 0 Å². The van der Waals surface area contributed by atoms with Crippen LogP contribution in [0.5, 0.6) is 0 Å². The summed E-state index contributed by atoms with van der Waals surface area (Å²) < 4.78 is 5.05. The summed E-state index contributed by atoms with van der Waals surface area (Å²) in [6, 6.07) is 0. The van der Waals surface area contributed by atoms with Gasteiger partial charge >= 0.3 is 5.97 Å². The Kier molecular flexibility index (Phi) is 2.71. The number of aliphatic carboxylic acids is 1. The fourth-order valence-electron chi connectivity index (χ4n) is 2.01. The molecule has 5 nitrogen and oxygen atoms in total. The van der Waals surface area contributed by atoms with Crippen LogP contribution in [0.15, 0.2) is 0 Å². The zero-order valence-electron chi connectivity index (χ0n) is 8.16. The number of hydrogen-bond acceptors (Lipinski definition) is 4. The van der Waals surface area contributed by atoms with Crippen LogP contribution in [-0.4, -0.2) is 60.9 Å². The fourth-order valence-corrected chi connectivity index (χ4v) is 2.01. The van der Waals surface area contributed by atoms with Crippen molar-refractivity contribution >= 4 is 5.97 Å². The van der Waals surface area contributed by atoms with Crippen LogP contribution in [0.4, 0.5) is 0 Å². The molecule has 2 heterocycles. The molecule has 0 radical (unpaired) electrons. The summed E-state index contributed by atoms with van der Waals surface area (Å²) in [7, 11) is 0. The van der Waals surface area contributed by atoms with Crippen LogP contribution in [0.2, 0.25) is 0 Å². The van der Waals surface area contributed by atoms with Gasteiger partial charge in [0.15, 0.2) is 5.54 Å². The van der Waals surface area contributed by atoms with Crippen molar-refractivity contribution in [2.75, 3.05) is 39.4 Å². The lowest BCUT2D eigenvalue weighted by molar-refractivity contribution is -0.186. The van der Waals surface area contributed by atoms with Gasteiger partial charge in [0.2, 0.25) is 0 Å². The summed E-state index contributed by atoms with van der Waals surface area (Å²) in [4.78, 5) is 13.2. The van der Waals surface area contributed by atoms with Crippen molar-refractivity contribution in [3.05, 3.63) is 0 Å². The Bertz CT molecular complexity index is 220. The van der Waals surface area contributed by atoms with E-state index in [4.69, 9.17) is 4.74 Å². The van der Waals surface area contributed by atoms with Gasteiger partial charge in [0.05, 0.1) is 13.2 Å². The smallest absolute Gasteiger partial charge is 0.328 e. The van der Waals surface area contributed by atoms with Crippen molar-refractivity contribution in [3.8, 4) is 0 Å². The number of carboxylic acid groups (broad SMARTS) is 1. The second kappa shape index (κ2) is 3.84. The highest BCUT2D eigenvalue weighted by molar-refractivity contribution is 5.80. The number of ether oxygens (including phenoxy) is 1. The minimum atomic E-state index is -0.745. The van der Waals surface area contributed by atoms with Gasteiger partial charge in [-0.05, 0) is 13.0 Å². The molecule has 0 unspecified atom stereocenters. The molecule has 0 aromatic carbocycles. The highest BCUT2D eigenvalue weighted by Crippen LogP contribution is 2.25. The van der Waals surface area contributed by atoms with Crippen molar-refractivity contribution in [3.63, 3.8) is 0 Å². The Morgan fingerprint density at radius 1 is 1.36 bits per heavy atom. The minimum absolute atomic E-state index is 0.336. The quantitative estimate of drug-likeness (QED) is 0.607. The molecule has 0 aromatic rings. The summed E-state index contributed by atoms with van der Waals surface area (Å²) in [6.07, 6.45) is 1.01. The summed E-state index contributed by atoms with van der Waals surface area (Å²) in [5.74, 6) is -0.745. The number of carbonyl (C=O) groups is 1. The second-order valence-electron chi connectivity index (χ2n) is 3.92. The topological polar surface area (TPSA) is 61.8 Å². The van der Waals surface area contributed by atoms with Gasteiger partial charge in [-0.1, -0.05) is 0 Å². The number of nitrogens with one attached hydrogen (secondary N) is 1. The predicted octanol–water partition coefficient (Wildman–Crippen LogP) is -0.865. The maximum atomic E-state index is 11.2. The van der Waals surface area contributed by atoms with Crippen molar-refractivity contribution in [1.82, 2.24) is 10.2 Å². The van der Waals surface area contributed by atoms with Crippen LogP contribution in [0, 0.1) is 0 Å². The molecule has 0 saturated carbocycles. The summed E-state index contributed by atoms with van der Waals surface area (Å²) in [5.41, 5.74) is -0.730. The Labute approximate surface area is 83.0 Å². The van der Waals surface area contributed by atoms with Crippen LogP contribution in [-0.2, 0) is 9.53 Å². The van der Waals surface area contributed by atoms with E-state index in [2.05, 4.69) is 5.32 Å². The number of rotatable bonds is 2. The Balaban J connectivity index is 2.06. The molecular formula is C9H16N2O3. The molecule has 0 amide bonds. The first kappa shape index (κ1) is 9.89. The van der Waals surface area contributed by atoms with Crippen molar-refractivity contribution < 1.29 is 14.6 Å². The fraction of sp³-hybridized carbons (Fsp3) is 0.889. The molecule has 0 atom stereocenters. The maximum absolute atomic E-state index is 11.2. The lowest BCUT2D eigenvalue weighted by Gasteiger charge is -2.45. The molecule has 0 spiro atoms. The SMILES string of the molecule is O=C(O)C1(N2CCCNCC2)COC1. The molecule has 0 aliphatic carbocycles. The van der Waals surface area contributed by atoms with Crippen LogP contribution < -0.4 is 5.32 Å². The molecule has 0 bridgehead atoms. The molecule has 2 fully saturated rings. The molecule has 2 saturated heterocycles. The molecule has 0 aromatic heterocycles. The van der Waals surface area contributed by atoms with E-state index < -0.39 is 11.5 Å². The van der Waals surface area contributed by atoms with Gasteiger partial charge in [0.1, 0.15) is 0 Å². The molecule has 2 aliphatic heterocycles. The van der Waals surface area contributed by atoms with Gasteiger partial charge in [-0.2, -0.15) is 0 Å². The standard InChI is InChI=1S/C9H16N2O3/c12-8(13)9(6-14-7-9)11-4-1-2-10-3-5-11/h10H,1-7H2,(H,12,13). The maximum Gasteiger partial charge on any atom is 0.328 e. The monoisotopic (exact) mass is 200 g/mol. The number of nitrogens with zero attached hydrogens (tertiary/aromatic N) is 1. The highest BCUT2D eigenvalue weighted by atomic mass is 16.5. The normalized spacial score (nSPS) is 27.7. The molecule has 2 aliphatic rings. The molecular weight excluding hydrogens is 184 g/mol. The Morgan fingerprint density at radius 2 is 2.14 bits per heavy atom. The third-order valence-electron chi connectivity index (χ3n) is 3.03. The first-order valence-corrected chi connectivity index (χ1v) is 5.03. The largest absolute Gasteiger partial charge is 0.480 e. The molecule has 80 valence electrons. The third kappa shape index (κ3) is 1.51. The first-order chi connectivity index (χ1) is 6.76. The zero-order valence-corrected chi connectivity index (χ0v) is 8.16. The lowest BCUT2D eigenvalue weighted by Crippen LogP contribution is -2.67. The molecule has 14 heavy (non-hydrogen) atoms. The summed E-state index contributed by atoms with van der Waals surface area (Å²) >= 11 is 0. The van der Waals surface area contributed by atoms with E-state index in [-0.39, 0.29) is 0 Å². The van der Waals surface area contributed by atoms with Crippen molar-refractivity contribution in [2.24, 2.45) is 0 Å². The van der Waals surface area contributed by atoms with Crippen LogP contribution in [0.3, 0.4) is 0 Å². The number of carboxylic acids is 1. The van der Waals surface area contributed by atoms with Crippen LogP contribution in [0.25, 0.3) is 0 Å². The van der Waals surface area contributed by atoms with Gasteiger partial charge in [-0.25, -0.2) is 0 Å². The lowest BCUT2D eigenvalue weighted by atomic mass is 9.95. The second-order valence-corrected chi connectivity index (χ2v) is 3.92. The predicted molar refractivity (Wildman–Crippen MR) is 50.2 cm³/mol. The summed E-state index contributed by atoms with van der Waals surface area (Å²) in [6.45, 7) is 4.17. The summed E-state index contributed by atoms with van der Waals surface area (Å²) in [5, 5.41) is 12.4. The van der Waals surface area contributed by atoms with Gasteiger partial charge in [0.25, 0.3) is 0 Å². The van der Waals surface area contributed by atoms with Crippen molar-refractivity contribution in [2.45, 2.75) is 12.0 Å². The average Bonchev–Trinajstić information content (AvgIpc) is 2.30. The van der Waals surface area contributed by atoms with E-state index in [1.165, 1.54) is 0 Å². The van der Waals surface area contributed by atoms with Gasteiger partial charge in [0, 0.05) is 19.6 Å². The van der Waals surface area contributed by atoms with E-state index in [1.807, 2.05) is 4.90 Å². The Morgan fingerprint density at radius 3 is 2.71 bits per heavy atom. The van der Waals surface area contributed by atoms with E-state index in [0.717, 1.165) is 32.6 Å². The van der Waals surface area contributed by atoms with Gasteiger partial charge in [-0.3, -0.25) is 9.69 Å². The van der Waals surface area contributed by atoms with Gasteiger partial charge < -0.3 is 15.2 Å². The third-order valence-corrected chi connectivity index (χ3v) is 3.03. The molecule has 2 N–H and O–H groups in total.